The van der Waals surface area contributed by atoms with Crippen LogP contribution in [0, 0.1) is 10.1 Å². The van der Waals surface area contributed by atoms with Gasteiger partial charge in [-0.2, -0.15) is 0 Å². The van der Waals surface area contributed by atoms with E-state index >= 15 is 0 Å². The molecule has 0 saturated carbocycles. The number of rotatable bonds is 4. The molecule has 0 aliphatic carbocycles. The van der Waals surface area contributed by atoms with E-state index in [1.54, 1.807) is 30.0 Å². The smallest absolute Gasteiger partial charge is 0.269 e. The standard InChI is InChI=1S/C14H13N5O3S/c20-12(7-4-10-2-5-11(6-3-10)19(21)22)15-13-16-17-14-18(13)8-1-9-23-14/h2-7H,1,8-9H2,(H,15,16,20)/b7-4+. The average Bonchev–Trinajstić information content (AvgIpc) is 2.96. The first kappa shape index (κ1) is 15.2. The van der Waals surface area contributed by atoms with E-state index in [-0.39, 0.29) is 11.6 Å². The molecule has 1 amide bonds. The van der Waals surface area contributed by atoms with E-state index in [0.29, 0.717) is 11.5 Å². The number of hydrogen-bond donors (Lipinski definition) is 1. The van der Waals surface area contributed by atoms with Gasteiger partial charge in [0.1, 0.15) is 0 Å². The highest BCUT2D eigenvalue weighted by molar-refractivity contribution is 7.99. The van der Waals surface area contributed by atoms with Crippen LogP contribution in [0.4, 0.5) is 11.6 Å². The van der Waals surface area contributed by atoms with Gasteiger partial charge in [-0.05, 0) is 30.2 Å². The van der Waals surface area contributed by atoms with Gasteiger partial charge in [-0.1, -0.05) is 11.8 Å². The van der Waals surface area contributed by atoms with E-state index in [1.165, 1.54) is 18.2 Å². The van der Waals surface area contributed by atoms with Crippen molar-refractivity contribution in [3.63, 3.8) is 0 Å². The van der Waals surface area contributed by atoms with Crippen LogP contribution in [-0.4, -0.2) is 31.3 Å². The van der Waals surface area contributed by atoms with Crippen molar-refractivity contribution in [3.8, 4) is 0 Å². The fourth-order valence-corrected chi connectivity index (χ4v) is 2.99. The molecular formula is C14H13N5O3S. The number of nitro groups is 1. The zero-order valence-corrected chi connectivity index (χ0v) is 12.8. The van der Waals surface area contributed by atoms with Gasteiger partial charge < -0.3 is 0 Å². The van der Waals surface area contributed by atoms with Crippen LogP contribution in [0.15, 0.2) is 35.5 Å². The maximum Gasteiger partial charge on any atom is 0.269 e. The predicted molar refractivity (Wildman–Crippen MR) is 86.1 cm³/mol. The number of amides is 1. The van der Waals surface area contributed by atoms with Crippen LogP contribution in [0.2, 0.25) is 0 Å². The zero-order valence-electron chi connectivity index (χ0n) is 12.0. The highest BCUT2D eigenvalue weighted by Crippen LogP contribution is 2.25. The third-order valence-corrected chi connectivity index (χ3v) is 4.29. The summed E-state index contributed by atoms with van der Waals surface area (Å²) < 4.78 is 1.88. The Kier molecular flexibility index (Phi) is 4.38. The lowest BCUT2D eigenvalue weighted by Gasteiger charge is -2.13. The van der Waals surface area contributed by atoms with Crippen molar-refractivity contribution in [3.05, 3.63) is 46.0 Å². The van der Waals surface area contributed by atoms with Gasteiger partial charge in [0.05, 0.1) is 4.92 Å². The van der Waals surface area contributed by atoms with E-state index < -0.39 is 4.92 Å². The lowest BCUT2D eigenvalue weighted by Crippen LogP contribution is -2.15. The molecule has 2 heterocycles. The second kappa shape index (κ2) is 6.61. The van der Waals surface area contributed by atoms with Crippen LogP contribution in [0.5, 0.6) is 0 Å². The molecule has 1 aromatic carbocycles. The number of thioether (sulfide) groups is 1. The molecule has 0 saturated heterocycles. The fourth-order valence-electron chi connectivity index (χ4n) is 2.11. The normalized spacial score (nSPS) is 13.7. The third kappa shape index (κ3) is 3.57. The number of nitrogens with zero attached hydrogens (tertiary/aromatic N) is 4. The first-order valence-corrected chi connectivity index (χ1v) is 7.91. The Morgan fingerprint density at radius 1 is 1.35 bits per heavy atom. The van der Waals surface area contributed by atoms with Crippen LogP contribution >= 0.6 is 11.8 Å². The predicted octanol–water partition coefficient (Wildman–Crippen LogP) is 2.33. The van der Waals surface area contributed by atoms with E-state index in [4.69, 9.17) is 0 Å². The number of benzene rings is 1. The van der Waals surface area contributed by atoms with E-state index in [2.05, 4.69) is 15.5 Å². The van der Waals surface area contributed by atoms with Gasteiger partial charge in [0.25, 0.3) is 11.6 Å². The average molecular weight is 331 g/mol. The summed E-state index contributed by atoms with van der Waals surface area (Å²) in [4.78, 5) is 22.1. The van der Waals surface area contributed by atoms with Gasteiger partial charge in [-0.25, -0.2) is 0 Å². The summed E-state index contributed by atoms with van der Waals surface area (Å²) in [5.74, 6) is 1.12. The molecule has 0 atom stereocenters. The number of nitrogens with one attached hydrogen (secondary N) is 1. The molecule has 9 heteroatoms. The Balaban J connectivity index is 1.65. The fraction of sp³-hybridized carbons (Fsp3) is 0.214. The second-order valence-electron chi connectivity index (χ2n) is 4.83. The van der Waals surface area contributed by atoms with Crippen molar-refractivity contribution in [1.82, 2.24) is 14.8 Å². The van der Waals surface area contributed by atoms with Crippen LogP contribution in [-0.2, 0) is 11.3 Å². The first-order valence-electron chi connectivity index (χ1n) is 6.93. The Morgan fingerprint density at radius 2 is 2.13 bits per heavy atom. The lowest BCUT2D eigenvalue weighted by molar-refractivity contribution is -0.384. The second-order valence-corrected chi connectivity index (χ2v) is 5.89. The van der Waals surface area contributed by atoms with Crippen LogP contribution in [0.1, 0.15) is 12.0 Å². The highest BCUT2D eigenvalue weighted by Gasteiger charge is 2.17. The van der Waals surface area contributed by atoms with E-state index in [1.807, 2.05) is 4.57 Å². The molecule has 0 fully saturated rings. The maximum absolute atomic E-state index is 12.0. The first-order chi connectivity index (χ1) is 11.1. The van der Waals surface area contributed by atoms with Gasteiger partial charge in [-0.3, -0.25) is 24.8 Å². The van der Waals surface area contributed by atoms with Gasteiger partial charge in [0, 0.05) is 30.5 Å². The molecule has 23 heavy (non-hydrogen) atoms. The topological polar surface area (TPSA) is 103 Å². The number of aromatic nitrogens is 3. The minimum Gasteiger partial charge on any atom is -0.291 e. The largest absolute Gasteiger partial charge is 0.291 e. The molecule has 2 aromatic rings. The molecule has 0 unspecified atom stereocenters. The molecule has 1 aliphatic heterocycles. The number of anilines is 1. The molecule has 118 valence electrons. The number of carbonyl (C=O) groups is 1. The van der Waals surface area contributed by atoms with Gasteiger partial charge in [0.15, 0.2) is 5.16 Å². The minimum absolute atomic E-state index is 0.0131. The molecule has 8 nitrogen and oxygen atoms in total. The van der Waals surface area contributed by atoms with Crippen LogP contribution in [0.25, 0.3) is 6.08 Å². The van der Waals surface area contributed by atoms with Crippen LogP contribution < -0.4 is 5.32 Å². The molecule has 3 rings (SSSR count). The molecule has 1 aromatic heterocycles. The quantitative estimate of drug-likeness (QED) is 0.524. The van der Waals surface area contributed by atoms with Crippen molar-refractivity contribution in [2.75, 3.05) is 11.1 Å². The number of non-ortho nitro benzene ring substituents is 1. The Bertz CT molecular complexity index is 769. The number of hydrogen-bond acceptors (Lipinski definition) is 6. The lowest BCUT2D eigenvalue weighted by atomic mass is 10.2. The Hall–Kier alpha value is -2.68. The van der Waals surface area contributed by atoms with Crippen molar-refractivity contribution in [2.24, 2.45) is 0 Å². The highest BCUT2D eigenvalue weighted by atomic mass is 32.2. The SMILES string of the molecule is O=C(/C=C/c1ccc([N+](=O)[O-])cc1)Nc1nnc2n1CCCS2. The molecule has 0 radical (unpaired) electrons. The number of carbonyl (C=O) groups excluding carboxylic acids is 1. The van der Waals surface area contributed by atoms with Gasteiger partial charge in [0.2, 0.25) is 5.95 Å². The Morgan fingerprint density at radius 3 is 2.87 bits per heavy atom. The summed E-state index contributed by atoms with van der Waals surface area (Å²) in [5, 5.41) is 22.1. The summed E-state index contributed by atoms with van der Waals surface area (Å²) in [6.07, 6.45) is 3.96. The molecule has 1 N–H and O–H groups in total. The summed E-state index contributed by atoms with van der Waals surface area (Å²) in [6, 6.07) is 5.95. The minimum atomic E-state index is -0.466. The number of nitro benzene ring substituents is 1. The van der Waals surface area contributed by atoms with E-state index in [0.717, 1.165) is 23.9 Å². The van der Waals surface area contributed by atoms with E-state index in [9.17, 15) is 14.9 Å². The molecule has 1 aliphatic rings. The summed E-state index contributed by atoms with van der Waals surface area (Å²) in [7, 11) is 0. The monoisotopic (exact) mass is 331 g/mol. The van der Waals surface area contributed by atoms with Crippen LogP contribution in [0.3, 0.4) is 0 Å². The summed E-state index contributed by atoms with van der Waals surface area (Å²) in [6.45, 7) is 0.789. The number of fused-ring (bicyclic) bond motifs is 1. The third-order valence-electron chi connectivity index (χ3n) is 3.24. The van der Waals surface area contributed by atoms with Crippen molar-refractivity contribution >= 4 is 35.4 Å². The van der Waals surface area contributed by atoms with Crippen molar-refractivity contribution < 1.29 is 9.72 Å². The van der Waals surface area contributed by atoms with Crippen molar-refractivity contribution in [1.29, 1.82) is 0 Å². The molecule has 0 bridgehead atoms. The van der Waals surface area contributed by atoms with Crippen molar-refractivity contribution in [2.45, 2.75) is 18.1 Å². The summed E-state index contributed by atoms with van der Waals surface area (Å²) >= 11 is 1.62. The van der Waals surface area contributed by atoms with Gasteiger partial charge in [-0.15, -0.1) is 10.2 Å². The molecule has 0 spiro atoms. The molecular weight excluding hydrogens is 318 g/mol. The van der Waals surface area contributed by atoms with Gasteiger partial charge >= 0.3 is 0 Å². The zero-order chi connectivity index (χ0) is 16.2. The Labute approximate surface area is 135 Å². The summed E-state index contributed by atoms with van der Waals surface area (Å²) in [5.41, 5.74) is 0.712. The maximum atomic E-state index is 12.0.